The van der Waals surface area contributed by atoms with E-state index in [-0.39, 0.29) is 22.2 Å². The van der Waals surface area contributed by atoms with Crippen molar-refractivity contribution in [2.45, 2.75) is 17.5 Å². The summed E-state index contributed by atoms with van der Waals surface area (Å²) in [6.07, 6.45) is 5.01. The molecular weight excluding hydrogens is 685 g/mol. The molecule has 4 heterocycles. The molecule has 4 aromatic rings. The molecule has 12 nitrogen and oxygen atoms in total. The number of esters is 1. The number of nitrogens with zero attached hydrogens (tertiary/aromatic N) is 4. The second kappa shape index (κ2) is 15.8. The van der Waals surface area contributed by atoms with Crippen LogP contribution >= 0.6 is 34.9 Å². The Balaban J connectivity index is 1.28. The Kier molecular flexibility index (Phi) is 10.8. The van der Waals surface area contributed by atoms with Crippen molar-refractivity contribution in [2.75, 3.05) is 18.2 Å². The highest BCUT2D eigenvalue weighted by molar-refractivity contribution is 8.08. The molecule has 2 atom stereocenters. The number of carbonyl (C=O) groups excluding carboxylic acids is 4. The summed E-state index contributed by atoms with van der Waals surface area (Å²) in [5.41, 5.74) is 2.52. The van der Waals surface area contributed by atoms with Crippen LogP contribution in [0.15, 0.2) is 112 Å². The van der Waals surface area contributed by atoms with E-state index in [2.05, 4.69) is 25.8 Å². The first-order valence-corrected chi connectivity index (χ1v) is 17.6. The highest BCUT2D eigenvalue weighted by Gasteiger charge is 2.55. The van der Waals surface area contributed by atoms with Crippen molar-refractivity contribution in [1.82, 2.24) is 20.2 Å². The zero-order valence-corrected chi connectivity index (χ0v) is 28.2. The third-order valence-electron chi connectivity index (χ3n) is 7.32. The fraction of sp³-hybridized carbons (Fsp3) is 0.147. The van der Waals surface area contributed by atoms with Crippen molar-refractivity contribution >= 4 is 76.0 Å². The molecule has 2 aliphatic rings. The van der Waals surface area contributed by atoms with E-state index in [0.29, 0.717) is 17.1 Å². The molecule has 6 rings (SSSR count). The number of amides is 3. The van der Waals surface area contributed by atoms with E-state index in [1.54, 1.807) is 12.4 Å². The Hall–Kier alpha value is -5.25. The van der Waals surface area contributed by atoms with Gasteiger partial charge in [0.25, 0.3) is 11.8 Å². The summed E-state index contributed by atoms with van der Waals surface area (Å²) in [5.74, 6) is -1.48. The van der Waals surface area contributed by atoms with Gasteiger partial charge in [-0.15, -0.1) is 23.1 Å². The maximum absolute atomic E-state index is 14.2. The lowest BCUT2D eigenvalue weighted by molar-refractivity contribution is -0.154. The van der Waals surface area contributed by atoms with E-state index < -0.39 is 35.3 Å². The Labute approximate surface area is 293 Å². The third kappa shape index (κ3) is 7.58. The number of thioether (sulfide) groups is 2. The number of anilines is 1. The standard InChI is InChI=1S/C34H28N6O6S3/c1-45-39-26(24-18-49-34(37-24)36-20-41)30(42)38-27-31(43)40-28(25(19-48-32(27)40)47-16-14-21-9-8-15-35-17-21)33(44)46-29(22-10-4-2-5-11-22)23-12-6-3-7-13-23/h2-18,20,27,29,32H,19H2,1H3,(H,38,42)(H,36,37,41)/b16-14-,39-26?/t27?,32-/m0/s1. The lowest BCUT2D eigenvalue weighted by Gasteiger charge is -2.49. The Bertz CT molecular complexity index is 1880. The van der Waals surface area contributed by atoms with Crippen LogP contribution in [0.2, 0.25) is 0 Å². The molecule has 0 radical (unpaired) electrons. The number of fused-ring (bicyclic) bond motifs is 1. The summed E-state index contributed by atoms with van der Waals surface area (Å²) in [6.45, 7) is 0. The van der Waals surface area contributed by atoms with Crippen molar-refractivity contribution in [3.8, 4) is 0 Å². The first kappa shape index (κ1) is 33.6. The smallest absolute Gasteiger partial charge is 0.356 e. The van der Waals surface area contributed by atoms with E-state index in [4.69, 9.17) is 9.57 Å². The molecule has 0 aliphatic carbocycles. The molecule has 1 saturated heterocycles. The Morgan fingerprint density at radius 3 is 2.47 bits per heavy atom. The van der Waals surface area contributed by atoms with Gasteiger partial charge in [0, 0.05) is 28.4 Å². The van der Waals surface area contributed by atoms with Crippen LogP contribution in [0.4, 0.5) is 5.13 Å². The van der Waals surface area contributed by atoms with Gasteiger partial charge in [0.05, 0.1) is 0 Å². The predicted molar refractivity (Wildman–Crippen MR) is 189 cm³/mol. The van der Waals surface area contributed by atoms with E-state index in [0.717, 1.165) is 28.0 Å². The van der Waals surface area contributed by atoms with Gasteiger partial charge in [-0.25, -0.2) is 9.78 Å². The monoisotopic (exact) mass is 712 g/mol. The van der Waals surface area contributed by atoms with E-state index >= 15 is 0 Å². The topological polar surface area (TPSA) is 152 Å². The summed E-state index contributed by atoms with van der Waals surface area (Å²) in [7, 11) is 1.28. The van der Waals surface area contributed by atoms with Crippen molar-refractivity contribution in [3.63, 3.8) is 0 Å². The molecule has 2 aromatic carbocycles. The maximum Gasteiger partial charge on any atom is 0.356 e. The molecule has 0 saturated carbocycles. The van der Waals surface area contributed by atoms with Crippen LogP contribution < -0.4 is 10.6 Å². The second-order valence-corrected chi connectivity index (χ2v) is 13.3. The van der Waals surface area contributed by atoms with Crippen LogP contribution in [0.3, 0.4) is 0 Å². The SMILES string of the molecule is CON=C(C(=O)NC1C(=O)N2C(C(=O)OC(c3ccccc3)c3ccccc3)=C(S/C=C\c3cccnc3)CS[C@@H]12)c1csc(NC=O)n1. The molecule has 2 aliphatic heterocycles. The number of thiazole rings is 1. The molecular formula is C34H28N6O6S3. The number of hydrogen-bond donors (Lipinski definition) is 2. The number of nitrogens with one attached hydrogen (secondary N) is 2. The lowest BCUT2D eigenvalue weighted by Crippen LogP contribution is -2.71. The number of carbonyl (C=O) groups is 4. The van der Waals surface area contributed by atoms with Crippen LogP contribution in [0.5, 0.6) is 0 Å². The number of hydrogen-bond acceptors (Lipinski definition) is 12. The molecule has 3 amide bonds. The fourth-order valence-corrected chi connectivity index (χ4v) is 8.10. The van der Waals surface area contributed by atoms with Crippen molar-refractivity contribution in [1.29, 1.82) is 0 Å². The maximum atomic E-state index is 14.2. The van der Waals surface area contributed by atoms with Gasteiger partial charge in [-0.05, 0) is 34.2 Å². The van der Waals surface area contributed by atoms with Crippen molar-refractivity contribution < 1.29 is 28.8 Å². The zero-order valence-electron chi connectivity index (χ0n) is 25.8. The predicted octanol–water partition coefficient (Wildman–Crippen LogP) is 4.81. The van der Waals surface area contributed by atoms with Gasteiger partial charge >= 0.3 is 5.97 Å². The van der Waals surface area contributed by atoms with Crippen LogP contribution in [0, 0.1) is 0 Å². The second-order valence-electron chi connectivity index (χ2n) is 10.4. The lowest BCUT2D eigenvalue weighted by atomic mass is 10.0. The quantitative estimate of drug-likeness (QED) is 0.0650. The summed E-state index contributed by atoms with van der Waals surface area (Å²) < 4.78 is 6.22. The molecule has 0 bridgehead atoms. The van der Waals surface area contributed by atoms with Gasteiger partial charge < -0.3 is 20.2 Å². The molecule has 248 valence electrons. The minimum Gasteiger partial charge on any atom is -0.448 e. The molecule has 1 unspecified atom stereocenters. The van der Waals surface area contributed by atoms with Crippen LogP contribution in [-0.4, -0.2) is 69.1 Å². The number of aromatic nitrogens is 2. The first-order chi connectivity index (χ1) is 24.0. The number of benzene rings is 2. The molecule has 2 aromatic heterocycles. The highest BCUT2D eigenvalue weighted by Crippen LogP contribution is 2.45. The highest BCUT2D eigenvalue weighted by atomic mass is 32.2. The number of oxime groups is 1. The van der Waals surface area contributed by atoms with Gasteiger partial charge in [0.15, 0.2) is 16.9 Å². The van der Waals surface area contributed by atoms with Crippen molar-refractivity contribution in [3.05, 3.63) is 129 Å². The minimum absolute atomic E-state index is 0.117. The molecule has 0 spiro atoms. The Morgan fingerprint density at radius 1 is 1.08 bits per heavy atom. The number of ether oxygens (including phenoxy) is 1. The van der Waals surface area contributed by atoms with Gasteiger partial charge in [-0.3, -0.25) is 24.3 Å². The normalized spacial score (nSPS) is 17.4. The summed E-state index contributed by atoms with van der Waals surface area (Å²) in [5, 5.41) is 12.0. The largest absolute Gasteiger partial charge is 0.448 e. The van der Waals surface area contributed by atoms with Crippen molar-refractivity contribution in [2.24, 2.45) is 5.16 Å². The summed E-state index contributed by atoms with van der Waals surface area (Å²) in [6, 6.07) is 21.5. The fourth-order valence-electron chi connectivity index (χ4n) is 5.09. The van der Waals surface area contributed by atoms with Gasteiger partial charge in [0.2, 0.25) is 6.41 Å². The van der Waals surface area contributed by atoms with Gasteiger partial charge in [0.1, 0.15) is 29.9 Å². The van der Waals surface area contributed by atoms with E-state index in [9.17, 15) is 19.2 Å². The Morgan fingerprint density at radius 2 is 1.82 bits per heavy atom. The molecule has 1 fully saturated rings. The van der Waals surface area contributed by atoms with Gasteiger partial charge in [-0.2, -0.15) is 0 Å². The summed E-state index contributed by atoms with van der Waals surface area (Å²) in [4.78, 5) is 67.4. The van der Waals surface area contributed by atoms with E-state index in [1.807, 2.05) is 84.3 Å². The zero-order chi connectivity index (χ0) is 34.2. The first-order valence-electron chi connectivity index (χ1n) is 14.8. The van der Waals surface area contributed by atoms with E-state index in [1.165, 1.54) is 40.9 Å². The number of rotatable bonds is 13. The average molecular weight is 713 g/mol. The number of β-lactam (4-membered cyclic amide) rings is 1. The summed E-state index contributed by atoms with van der Waals surface area (Å²) >= 11 is 3.82. The third-order valence-corrected chi connectivity index (χ3v) is 10.5. The van der Waals surface area contributed by atoms with Crippen LogP contribution in [-0.2, 0) is 28.8 Å². The molecule has 15 heteroatoms. The van der Waals surface area contributed by atoms with Crippen LogP contribution in [0.25, 0.3) is 6.08 Å². The average Bonchev–Trinajstić information content (AvgIpc) is 3.60. The minimum atomic E-state index is -0.968. The molecule has 49 heavy (non-hydrogen) atoms. The number of pyridine rings is 1. The van der Waals surface area contributed by atoms with Gasteiger partial charge in [-0.1, -0.05) is 83.6 Å². The molecule has 2 N–H and O–H groups in total. The van der Waals surface area contributed by atoms with Crippen LogP contribution in [0.1, 0.15) is 28.5 Å².